The van der Waals surface area contributed by atoms with Crippen LogP contribution in [0, 0.1) is 29.1 Å². The molecule has 0 aliphatic rings. The summed E-state index contributed by atoms with van der Waals surface area (Å²) >= 11 is 0. The van der Waals surface area contributed by atoms with Gasteiger partial charge in [0.15, 0.2) is 23.3 Å². The van der Waals surface area contributed by atoms with Crippen LogP contribution in [0.4, 0.5) is 27.6 Å². The van der Waals surface area contributed by atoms with Crippen molar-refractivity contribution in [2.75, 3.05) is 14.2 Å². The van der Waals surface area contributed by atoms with Gasteiger partial charge in [-0.15, -0.1) is 0 Å². The molecule has 11 heteroatoms. The lowest BCUT2D eigenvalue weighted by atomic mass is 9.86. The first-order valence-corrected chi connectivity index (χ1v) is 15.7. The lowest BCUT2D eigenvalue weighted by Crippen LogP contribution is -2.34. The molecule has 240 valence electrons. The highest BCUT2D eigenvalue weighted by atomic mass is 31.2. The number of halogens is 5. The molecule has 4 aromatic rings. The summed E-state index contributed by atoms with van der Waals surface area (Å²) < 4.78 is 93.3. The molecule has 45 heavy (non-hydrogen) atoms. The van der Waals surface area contributed by atoms with Crippen LogP contribution in [0.2, 0.25) is 0 Å². The number of phenols is 2. The molecule has 4 rings (SSSR count). The molecule has 0 aromatic heterocycles. The highest BCUT2D eigenvalue weighted by Crippen LogP contribution is 2.57. The van der Waals surface area contributed by atoms with E-state index in [1.54, 1.807) is 59.7 Å². The quantitative estimate of drug-likeness (QED) is 0.0958. The summed E-state index contributed by atoms with van der Waals surface area (Å²) in [7, 11) is -2.05. The second-order valence-corrected chi connectivity index (χ2v) is 15.5. The normalized spacial score (nSPS) is 12.3. The average molecular weight is 648 g/mol. The van der Waals surface area contributed by atoms with Gasteiger partial charge in [-0.1, -0.05) is 59.7 Å². The molecule has 0 bridgehead atoms. The van der Waals surface area contributed by atoms with E-state index in [4.69, 9.17) is 14.2 Å². The molecular weight excluding hydrogens is 612 g/mol. The van der Waals surface area contributed by atoms with E-state index in [0.717, 1.165) is 0 Å². The molecule has 4 aromatic carbocycles. The number of methoxy groups -OCH3 is 2. The average Bonchev–Trinajstić information content (AvgIpc) is 2.98. The first-order chi connectivity index (χ1) is 20.9. The van der Waals surface area contributed by atoms with Crippen LogP contribution in [0.25, 0.3) is 0 Å². The minimum atomic E-state index is -4.70. The molecule has 0 heterocycles. The first-order valence-electron chi connectivity index (χ1n) is 13.9. The first kappa shape index (κ1) is 33.8. The maximum Gasteiger partial charge on any atom is 0.200 e. The van der Waals surface area contributed by atoms with Crippen molar-refractivity contribution in [2.24, 2.45) is 4.74 Å². The van der Waals surface area contributed by atoms with Gasteiger partial charge in [0.25, 0.3) is 0 Å². The fourth-order valence-corrected chi connectivity index (χ4v) is 8.92. The van der Waals surface area contributed by atoms with Crippen molar-refractivity contribution >= 4 is 28.7 Å². The number of ether oxygens (including phenoxy) is 2. The monoisotopic (exact) mass is 647 g/mol. The summed E-state index contributed by atoms with van der Waals surface area (Å²) in [6.07, 6.45) is 0. The molecule has 0 atom stereocenters. The number of hydrogen-bond acceptors (Lipinski definition) is 5. The van der Waals surface area contributed by atoms with Crippen molar-refractivity contribution in [1.82, 2.24) is 0 Å². The van der Waals surface area contributed by atoms with Crippen LogP contribution in [0.1, 0.15) is 52.7 Å². The molecule has 0 spiro atoms. The van der Waals surface area contributed by atoms with E-state index in [-0.39, 0.29) is 38.9 Å². The number of phenolic OH excluding ortho intramolecular Hbond substituents is 2. The minimum Gasteiger partial charge on any atom is -0.507 e. The minimum absolute atomic E-state index is 0.0776. The molecule has 0 saturated carbocycles. The smallest absolute Gasteiger partial charge is 0.200 e. The maximum atomic E-state index is 16.3. The van der Waals surface area contributed by atoms with Crippen LogP contribution in [-0.4, -0.2) is 24.4 Å². The number of aromatic hydroxyl groups is 2. The van der Waals surface area contributed by atoms with Crippen molar-refractivity contribution < 1.29 is 41.6 Å². The Balaban J connectivity index is 2.52. The zero-order chi connectivity index (χ0) is 33.6. The molecule has 0 amide bonds. The van der Waals surface area contributed by atoms with Gasteiger partial charge in [0.2, 0.25) is 5.82 Å². The fraction of sp³-hybridized carbons (Fsp3) is 0.294. The molecule has 0 aliphatic heterocycles. The molecule has 0 saturated heterocycles. The molecule has 5 nitrogen and oxygen atoms in total. The predicted molar refractivity (Wildman–Crippen MR) is 167 cm³/mol. The van der Waals surface area contributed by atoms with Gasteiger partial charge in [0, 0.05) is 21.7 Å². The van der Waals surface area contributed by atoms with Gasteiger partial charge in [-0.3, -0.25) is 4.74 Å². The third-order valence-corrected chi connectivity index (χ3v) is 11.1. The lowest BCUT2D eigenvalue weighted by molar-refractivity contribution is 0.384. The fourth-order valence-electron chi connectivity index (χ4n) is 5.13. The topological polar surface area (TPSA) is 71.3 Å². The Labute approximate surface area is 259 Å². The summed E-state index contributed by atoms with van der Waals surface area (Å²) in [5.74, 6) is -11.9. The van der Waals surface area contributed by atoms with Crippen LogP contribution < -0.4 is 25.4 Å². The van der Waals surface area contributed by atoms with Crippen LogP contribution in [-0.2, 0) is 10.8 Å². The van der Waals surface area contributed by atoms with Gasteiger partial charge in [-0.2, -0.15) is 0 Å². The van der Waals surface area contributed by atoms with Crippen molar-refractivity contribution in [3.8, 4) is 23.0 Å². The van der Waals surface area contributed by atoms with Crippen LogP contribution in [0.15, 0.2) is 59.3 Å². The molecule has 0 fully saturated rings. The second kappa shape index (κ2) is 12.0. The highest BCUT2D eigenvalue weighted by molar-refractivity contribution is 7.87. The van der Waals surface area contributed by atoms with Crippen molar-refractivity contribution in [1.29, 1.82) is 0 Å². The number of benzene rings is 4. The van der Waals surface area contributed by atoms with E-state index in [0.29, 0.717) is 0 Å². The van der Waals surface area contributed by atoms with E-state index < -0.39 is 63.8 Å². The maximum absolute atomic E-state index is 16.3. The van der Waals surface area contributed by atoms with Crippen molar-refractivity contribution in [3.05, 3.63) is 94.8 Å². The van der Waals surface area contributed by atoms with Crippen LogP contribution in [0.3, 0.4) is 0 Å². The molecule has 2 N–H and O–H groups in total. The van der Waals surface area contributed by atoms with Gasteiger partial charge in [-0.25, -0.2) is 22.0 Å². The van der Waals surface area contributed by atoms with E-state index in [1.165, 1.54) is 50.6 Å². The van der Waals surface area contributed by atoms with E-state index >= 15 is 17.6 Å². The Bertz CT molecular complexity index is 1730. The number of hydrogen-bond donors (Lipinski definition) is 2. The summed E-state index contributed by atoms with van der Waals surface area (Å²) in [6, 6.07) is 13.3. The standard InChI is InChI=1S/C34H35F5NO4P/c1-33(2,3)21-14-19(43-7)16-23(30(21)41)45(40-18-12-10-9-11-13-18,32-28(38)26(36)25(35)27(37)29(32)39)24-17-20(44-8)15-22(31(24)42)34(4,5)6/h9-17,41-42H,1-8H3. The SMILES string of the molecule is COc1cc(C(C)(C)C)c(O)c(P(=Nc2ccccc2)(c2cc(OC)cc(C(C)(C)C)c2O)c2c(F)c(F)c(F)c(F)c2F)c1. The van der Waals surface area contributed by atoms with Gasteiger partial charge >= 0.3 is 0 Å². The summed E-state index contributed by atoms with van der Waals surface area (Å²) in [6.45, 7) is 10.6. The van der Waals surface area contributed by atoms with Gasteiger partial charge < -0.3 is 19.7 Å². The summed E-state index contributed by atoms with van der Waals surface area (Å²) in [5.41, 5.74) is -1.05. The van der Waals surface area contributed by atoms with Crippen LogP contribution in [0.5, 0.6) is 23.0 Å². The number of rotatable bonds is 6. The largest absolute Gasteiger partial charge is 0.507 e. The Kier molecular flexibility index (Phi) is 9.06. The third-order valence-electron chi connectivity index (χ3n) is 7.44. The number of nitrogens with zero attached hydrogens (tertiary/aromatic N) is 1. The zero-order valence-corrected chi connectivity index (χ0v) is 27.1. The Morgan fingerprint density at radius 3 is 1.33 bits per heavy atom. The molecular formula is C34H35F5NO4P. The Morgan fingerprint density at radius 1 is 0.600 bits per heavy atom. The predicted octanol–water partition coefficient (Wildman–Crippen LogP) is 8.21. The summed E-state index contributed by atoms with van der Waals surface area (Å²) in [4.78, 5) is 0. The van der Waals surface area contributed by atoms with Crippen molar-refractivity contribution in [2.45, 2.75) is 52.4 Å². The van der Waals surface area contributed by atoms with Crippen LogP contribution >= 0.6 is 7.05 Å². The molecule has 0 aliphatic carbocycles. The Hall–Kier alpha value is -4.04. The van der Waals surface area contributed by atoms with Gasteiger partial charge in [-0.05, 0) is 47.2 Å². The van der Waals surface area contributed by atoms with E-state index in [2.05, 4.69) is 0 Å². The highest BCUT2D eigenvalue weighted by Gasteiger charge is 2.44. The lowest BCUT2D eigenvalue weighted by Gasteiger charge is -2.33. The second-order valence-electron chi connectivity index (χ2n) is 12.6. The van der Waals surface area contributed by atoms with Crippen molar-refractivity contribution in [3.63, 3.8) is 0 Å². The van der Waals surface area contributed by atoms with E-state index in [1.807, 2.05) is 0 Å². The van der Waals surface area contributed by atoms with Gasteiger partial charge in [0.05, 0.1) is 32.3 Å². The summed E-state index contributed by atoms with van der Waals surface area (Å²) in [5, 5.41) is 22.1. The molecule has 0 radical (unpaired) electrons. The Morgan fingerprint density at radius 2 is 0.978 bits per heavy atom. The van der Waals surface area contributed by atoms with E-state index in [9.17, 15) is 14.6 Å². The van der Waals surface area contributed by atoms with Gasteiger partial charge in [0.1, 0.15) is 23.0 Å². The zero-order valence-electron chi connectivity index (χ0n) is 26.2. The third kappa shape index (κ3) is 5.88. The molecule has 0 unspecified atom stereocenters.